The van der Waals surface area contributed by atoms with E-state index < -0.39 is 12.7 Å². The second-order valence-electron chi connectivity index (χ2n) is 1.22. The molecule has 0 aromatic rings. The van der Waals surface area contributed by atoms with E-state index in [4.69, 9.17) is 1.37 Å². The zero-order valence-corrected chi connectivity index (χ0v) is 5.20. The number of carbonyl (C=O) groups is 1. The van der Waals surface area contributed by atoms with Gasteiger partial charge in [0.25, 0.3) is 0 Å². The van der Waals surface area contributed by atoms with Crippen molar-refractivity contribution in [2.75, 3.05) is 13.6 Å². The van der Waals surface area contributed by atoms with E-state index in [0.29, 0.717) is 5.01 Å². The molecule has 0 bridgehead atoms. The van der Waals surface area contributed by atoms with Crippen molar-refractivity contribution in [3.05, 3.63) is 4.91 Å². The van der Waals surface area contributed by atoms with Crippen LogP contribution < -0.4 is 0 Å². The van der Waals surface area contributed by atoms with Crippen LogP contribution in [0, 0.1) is 4.91 Å². The van der Waals surface area contributed by atoms with Gasteiger partial charge in [0.15, 0.2) is 0 Å². The van der Waals surface area contributed by atoms with Crippen LogP contribution in [0.5, 0.6) is 0 Å². The quantitative estimate of drug-likeness (QED) is 0.412. The van der Waals surface area contributed by atoms with Crippen molar-refractivity contribution in [2.45, 2.75) is 6.92 Å². The van der Waals surface area contributed by atoms with Crippen LogP contribution >= 0.6 is 0 Å². The summed E-state index contributed by atoms with van der Waals surface area (Å²) >= 11 is 0. The third-order valence-electron chi connectivity index (χ3n) is 0.605. The van der Waals surface area contributed by atoms with Gasteiger partial charge in [0.2, 0.25) is 0 Å². The van der Waals surface area contributed by atoms with Gasteiger partial charge < -0.3 is 4.74 Å². The van der Waals surface area contributed by atoms with Crippen LogP contribution in [0.15, 0.2) is 5.29 Å². The maximum atomic E-state index is 10.5. The van der Waals surface area contributed by atoms with E-state index >= 15 is 0 Å². The number of nitrogens with zero attached hydrogens (tertiary/aromatic N) is 2. The molecule has 0 N–H and O–H groups in total. The number of hydrogen-bond donors (Lipinski definition) is 0. The van der Waals surface area contributed by atoms with Crippen molar-refractivity contribution < 1.29 is 10.9 Å². The van der Waals surface area contributed by atoms with Gasteiger partial charge in [0, 0.05) is 7.05 Å². The SMILES string of the molecule is [2H]C(C)OC(=O)N(C)N=O. The molecule has 5 nitrogen and oxygen atoms in total. The van der Waals surface area contributed by atoms with Gasteiger partial charge in [-0.05, 0) is 6.92 Å². The fourth-order valence-electron chi connectivity index (χ4n) is 0.210. The summed E-state index contributed by atoms with van der Waals surface area (Å²) in [7, 11) is 1.15. The van der Waals surface area contributed by atoms with Gasteiger partial charge in [-0.1, -0.05) is 0 Å². The molecule has 0 aliphatic carbocycles. The summed E-state index contributed by atoms with van der Waals surface area (Å²) in [6.07, 6.45) is -0.919. The predicted octanol–water partition coefficient (Wildman–Crippen LogP) is 0.756. The van der Waals surface area contributed by atoms with Crippen LogP contribution in [0.25, 0.3) is 0 Å². The van der Waals surface area contributed by atoms with Crippen molar-refractivity contribution in [3.8, 4) is 0 Å². The van der Waals surface area contributed by atoms with Crippen LogP contribution in [-0.4, -0.2) is 24.7 Å². The van der Waals surface area contributed by atoms with Gasteiger partial charge >= 0.3 is 6.09 Å². The minimum Gasteiger partial charge on any atom is -0.448 e. The Morgan fingerprint density at radius 3 is 2.89 bits per heavy atom. The summed E-state index contributed by atoms with van der Waals surface area (Å²) in [6, 6.07) is 0. The average molecular weight is 133 g/mol. The highest BCUT2D eigenvalue weighted by molar-refractivity contribution is 5.66. The number of nitroso groups, excluding NO2 is 1. The van der Waals surface area contributed by atoms with Crippen molar-refractivity contribution in [1.29, 1.82) is 0 Å². The smallest absolute Gasteiger partial charge is 0.432 e. The highest BCUT2D eigenvalue weighted by Crippen LogP contribution is 1.87. The summed E-state index contributed by atoms with van der Waals surface area (Å²) < 4.78 is 11.0. The minimum absolute atomic E-state index is 0.477. The van der Waals surface area contributed by atoms with Gasteiger partial charge in [-0.3, -0.25) is 0 Å². The Labute approximate surface area is 53.9 Å². The van der Waals surface area contributed by atoms with E-state index in [1.165, 1.54) is 6.92 Å². The van der Waals surface area contributed by atoms with E-state index in [2.05, 4.69) is 10.0 Å². The molecule has 0 aromatic carbocycles. The van der Waals surface area contributed by atoms with Crippen LogP contribution in [0.3, 0.4) is 0 Å². The highest BCUT2D eigenvalue weighted by Gasteiger charge is 2.06. The first-order valence-corrected chi connectivity index (χ1v) is 2.27. The maximum absolute atomic E-state index is 10.5. The van der Waals surface area contributed by atoms with Gasteiger partial charge in [0.1, 0.15) is 0 Å². The lowest BCUT2D eigenvalue weighted by atomic mass is 10.9. The number of rotatable bonds is 2. The van der Waals surface area contributed by atoms with E-state index in [9.17, 15) is 9.70 Å². The molecule has 5 heteroatoms. The Balaban J connectivity index is 3.73. The molecule has 0 fully saturated rings. The second kappa shape index (κ2) is 3.82. The average Bonchev–Trinajstić information content (AvgIpc) is 1.85. The fraction of sp³-hybridized carbons (Fsp3) is 0.750. The molecular formula is C4H8N2O3. The van der Waals surface area contributed by atoms with Gasteiger partial charge in [-0.25, -0.2) is 4.79 Å². The van der Waals surface area contributed by atoms with Crippen molar-refractivity contribution in [2.24, 2.45) is 5.29 Å². The van der Waals surface area contributed by atoms with Crippen LogP contribution in [-0.2, 0) is 4.74 Å². The van der Waals surface area contributed by atoms with Crippen LogP contribution in [0.1, 0.15) is 8.29 Å². The zero-order valence-electron chi connectivity index (χ0n) is 6.20. The van der Waals surface area contributed by atoms with Gasteiger partial charge in [0.05, 0.1) is 13.2 Å². The highest BCUT2D eigenvalue weighted by atomic mass is 16.6. The monoisotopic (exact) mass is 133 g/mol. The normalized spacial score (nSPS) is 13.3. The Morgan fingerprint density at radius 2 is 2.56 bits per heavy atom. The molecule has 0 aromatic heterocycles. The lowest BCUT2D eigenvalue weighted by molar-refractivity contribution is 0.117. The van der Waals surface area contributed by atoms with Gasteiger partial charge in [-0.2, -0.15) is 5.01 Å². The topological polar surface area (TPSA) is 59.0 Å². The lowest BCUT2D eigenvalue weighted by Gasteiger charge is -2.04. The summed E-state index contributed by atoms with van der Waals surface area (Å²) in [6.45, 7) is 0.382. The molecule has 0 rings (SSSR count). The Morgan fingerprint density at radius 1 is 2.00 bits per heavy atom. The number of amides is 1. The number of ether oxygens (including phenoxy) is 1. The second-order valence-corrected chi connectivity index (χ2v) is 1.22. The number of carbonyl (C=O) groups excluding carboxylic acids is 1. The van der Waals surface area contributed by atoms with Crippen molar-refractivity contribution in [1.82, 2.24) is 5.01 Å². The summed E-state index contributed by atoms with van der Waals surface area (Å²) in [5.74, 6) is 0. The molecule has 0 radical (unpaired) electrons. The van der Waals surface area contributed by atoms with E-state index in [-0.39, 0.29) is 0 Å². The molecule has 1 atom stereocenters. The Hall–Kier alpha value is -1.13. The van der Waals surface area contributed by atoms with E-state index in [0.717, 1.165) is 7.05 Å². The number of hydrogen-bond acceptors (Lipinski definition) is 4. The molecular weight excluding hydrogens is 124 g/mol. The molecule has 0 saturated carbocycles. The van der Waals surface area contributed by atoms with E-state index in [1.807, 2.05) is 0 Å². The molecule has 1 amide bonds. The molecule has 52 valence electrons. The van der Waals surface area contributed by atoms with Crippen molar-refractivity contribution >= 4 is 6.09 Å². The first-order valence-electron chi connectivity index (χ1n) is 2.85. The third-order valence-corrected chi connectivity index (χ3v) is 0.605. The molecule has 0 aliphatic heterocycles. The molecule has 0 aliphatic rings. The molecule has 9 heavy (non-hydrogen) atoms. The van der Waals surface area contributed by atoms with E-state index in [1.54, 1.807) is 0 Å². The van der Waals surface area contributed by atoms with Gasteiger partial charge in [-0.15, -0.1) is 4.91 Å². The predicted molar refractivity (Wildman–Crippen MR) is 30.6 cm³/mol. The third kappa shape index (κ3) is 2.63. The molecule has 0 saturated heterocycles. The maximum Gasteiger partial charge on any atom is 0.432 e. The first-order chi connectivity index (χ1) is 4.57. The summed E-state index contributed by atoms with van der Waals surface area (Å²) in [5.41, 5.74) is 0. The zero-order chi connectivity index (χ0) is 8.15. The van der Waals surface area contributed by atoms with Crippen LogP contribution in [0.4, 0.5) is 4.79 Å². The van der Waals surface area contributed by atoms with Crippen LogP contribution in [0.2, 0.25) is 0 Å². The lowest BCUT2D eigenvalue weighted by Crippen LogP contribution is -2.21. The molecule has 1 unspecified atom stereocenters. The standard InChI is InChI=1S/C4H8N2O3/c1-3-9-4(7)6(2)5-8/h3H2,1-2H3/i3D. The summed E-state index contributed by atoms with van der Waals surface area (Å²) in [4.78, 5) is 20.1. The molecule has 0 heterocycles. The Kier molecular flexibility index (Phi) is 2.55. The summed E-state index contributed by atoms with van der Waals surface area (Å²) in [5, 5.41) is 2.74. The Bertz CT molecular complexity index is 138. The largest absolute Gasteiger partial charge is 0.448 e. The minimum atomic E-state index is -0.975. The first kappa shape index (κ1) is 6.00. The fourth-order valence-corrected chi connectivity index (χ4v) is 0.210. The molecule has 0 spiro atoms. The van der Waals surface area contributed by atoms with Crippen molar-refractivity contribution in [3.63, 3.8) is 0 Å².